The van der Waals surface area contributed by atoms with Crippen molar-refractivity contribution >= 4 is 17.8 Å². The quantitative estimate of drug-likeness (QED) is 0.803. The van der Waals surface area contributed by atoms with Crippen molar-refractivity contribution in [2.24, 2.45) is 5.73 Å². The van der Waals surface area contributed by atoms with Gasteiger partial charge in [-0.2, -0.15) is 0 Å². The van der Waals surface area contributed by atoms with Gasteiger partial charge in [0.05, 0.1) is 0 Å². The predicted molar refractivity (Wildman–Crippen MR) is 63.6 cm³/mol. The van der Waals surface area contributed by atoms with Gasteiger partial charge in [-0.15, -0.1) is 11.8 Å². The molecular formula is C12H15NS. The topological polar surface area (TPSA) is 26.0 Å². The number of benzene rings is 1. The van der Waals surface area contributed by atoms with Gasteiger partial charge in [0, 0.05) is 16.7 Å². The first-order valence-electron chi connectivity index (χ1n) is 4.96. The van der Waals surface area contributed by atoms with Crippen LogP contribution in [0.2, 0.25) is 0 Å². The van der Waals surface area contributed by atoms with Gasteiger partial charge in [0.25, 0.3) is 0 Å². The highest BCUT2D eigenvalue weighted by Gasteiger charge is 2.17. The molecule has 74 valence electrons. The van der Waals surface area contributed by atoms with Crippen LogP contribution in [0.3, 0.4) is 0 Å². The maximum atomic E-state index is 5.42. The van der Waals surface area contributed by atoms with Crippen molar-refractivity contribution in [3.63, 3.8) is 0 Å². The molecule has 1 aliphatic rings. The Balaban J connectivity index is 2.24. The van der Waals surface area contributed by atoms with Gasteiger partial charge in [-0.25, -0.2) is 0 Å². The zero-order valence-corrected chi connectivity index (χ0v) is 9.18. The van der Waals surface area contributed by atoms with E-state index in [1.807, 2.05) is 17.8 Å². The molecule has 1 atom stereocenters. The summed E-state index contributed by atoms with van der Waals surface area (Å²) < 4.78 is 0. The highest BCUT2D eigenvalue weighted by Crippen LogP contribution is 2.37. The summed E-state index contributed by atoms with van der Waals surface area (Å²) in [6, 6.07) is 6.67. The van der Waals surface area contributed by atoms with Crippen LogP contribution in [-0.2, 0) is 6.42 Å². The molecule has 1 nitrogen and oxygen atoms in total. The predicted octanol–water partition coefficient (Wildman–Crippen LogP) is 2.70. The van der Waals surface area contributed by atoms with Gasteiger partial charge in [0.15, 0.2) is 0 Å². The molecule has 14 heavy (non-hydrogen) atoms. The highest BCUT2D eigenvalue weighted by molar-refractivity contribution is 8.00. The van der Waals surface area contributed by atoms with Crippen molar-refractivity contribution in [1.82, 2.24) is 0 Å². The molecule has 0 bridgehead atoms. The molecular weight excluding hydrogens is 190 g/mol. The Hall–Kier alpha value is -0.730. The first-order valence-corrected chi connectivity index (χ1v) is 5.84. The van der Waals surface area contributed by atoms with E-state index in [1.54, 1.807) is 0 Å². The molecule has 1 unspecified atom stereocenters. The first kappa shape index (κ1) is 9.81. The lowest BCUT2D eigenvalue weighted by atomic mass is 10.1. The molecule has 1 aromatic carbocycles. The summed E-state index contributed by atoms with van der Waals surface area (Å²) in [4.78, 5) is 1.44. The Morgan fingerprint density at radius 1 is 1.57 bits per heavy atom. The lowest BCUT2D eigenvalue weighted by Gasteiger charge is -1.99. The summed E-state index contributed by atoms with van der Waals surface area (Å²) in [7, 11) is 0. The molecule has 0 fully saturated rings. The molecule has 0 saturated heterocycles. The van der Waals surface area contributed by atoms with Crippen LogP contribution in [0.4, 0.5) is 0 Å². The van der Waals surface area contributed by atoms with Crippen LogP contribution >= 0.6 is 11.8 Å². The highest BCUT2D eigenvalue weighted by atomic mass is 32.2. The molecule has 1 heterocycles. The fourth-order valence-corrected chi connectivity index (χ4v) is 2.93. The minimum atomic E-state index is 0.612. The fraction of sp³-hybridized carbons (Fsp3) is 0.333. The largest absolute Gasteiger partial charge is 0.327 e. The van der Waals surface area contributed by atoms with Crippen molar-refractivity contribution in [2.75, 3.05) is 6.54 Å². The molecule has 0 saturated carbocycles. The smallest absolute Gasteiger partial charge is 0.0113 e. The summed E-state index contributed by atoms with van der Waals surface area (Å²) in [5.74, 6) is 0. The molecule has 0 aromatic heterocycles. The maximum absolute atomic E-state index is 5.42. The first-order chi connectivity index (χ1) is 6.79. The van der Waals surface area contributed by atoms with Gasteiger partial charge >= 0.3 is 0 Å². The summed E-state index contributed by atoms with van der Waals surface area (Å²) in [6.45, 7) is 2.89. The van der Waals surface area contributed by atoms with E-state index in [0.29, 0.717) is 6.54 Å². The third kappa shape index (κ3) is 2.02. The summed E-state index contributed by atoms with van der Waals surface area (Å²) in [5, 5.41) is 0.735. The van der Waals surface area contributed by atoms with Gasteiger partial charge in [0.2, 0.25) is 0 Å². The van der Waals surface area contributed by atoms with E-state index in [4.69, 9.17) is 5.73 Å². The van der Waals surface area contributed by atoms with E-state index < -0.39 is 0 Å². The second-order valence-corrected chi connectivity index (χ2v) is 5.12. The molecule has 1 aliphatic heterocycles. The van der Waals surface area contributed by atoms with E-state index in [2.05, 4.69) is 31.2 Å². The maximum Gasteiger partial charge on any atom is 0.0113 e. The average Bonchev–Trinajstić information content (AvgIpc) is 2.54. The molecule has 0 aliphatic carbocycles. The molecule has 0 radical (unpaired) electrons. The van der Waals surface area contributed by atoms with Crippen LogP contribution in [0.25, 0.3) is 6.08 Å². The van der Waals surface area contributed by atoms with Crippen molar-refractivity contribution in [3.05, 3.63) is 35.4 Å². The monoisotopic (exact) mass is 205 g/mol. The van der Waals surface area contributed by atoms with Gasteiger partial charge in [-0.1, -0.05) is 31.2 Å². The minimum Gasteiger partial charge on any atom is -0.327 e. The van der Waals surface area contributed by atoms with Crippen LogP contribution in [0, 0.1) is 0 Å². The summed E-state index contributed by atoms with van der Waals surface area (Å²) in [6.07, 6.45) is 5.29. The number of hydrogen-bond donors (Lipinski definition) is 1. The van der Waals surface area contributed by atoms with Crippen molar-refractivity contribution in [3.8, 4) is 0 Å². The third-order valence-corrected chi connectivity index (χ3v) is 3.58. The summed E-state index contributed by atoms with van der Waals surface area (Å²) >= 11 is 1.97. The zero-order chi connectivity index (χ0) is 9.97. The lowest BCUT2D eigenvalue weighted by Crippen LogP contribution is -1.92. The van der Waals surface area contributed by atoms with E-state index in [1.165, 1.54) is 22.4 Å². The van der Waals surface area contributed by atoms with Crippen LogP contribution in [0.1, 0.15) is 18.1 Å². The molecule has 2 heteroatoms. The molecule has 2 rings (SSSR count). The molecule has 2 N–H and O–H groups in total. The second kappa shape index (κ2) is 4.20. The van der Waals surface area contributed by atoms with Gasteiger partial charge in [0.1, 0.15) is 0 Å². The number of thioether (sulfide) groups is 1. The SMILES string of the molecule is CC1Cc2ccc(/C=C/CN)cc2S1. The Bertz CT molecular complexity index is 357. The average molecular weight is 205 g/mol. The number of nitrogens with two attached hydrogens (primary N) is 1. The molecule has 1 aromatic rings. The van der Waals surface area contributed by atoms with Gasteiger partial charge < -0.3 is 5.73 Å². The lowest BCUT2D eigenvalue weighted by molar-refractivity contribution is 0.960. The van der Waals surface area contributed by atoms with Crippen LogP contribution in [-0.4, -0.2) is 11.8 Å². The van der Waals surface area contributed by atoms with E-state index in [9.17, 15) is 0 Å². The molecule has 0 amide bonds. The standard InChI is InChI=1S/C12H15NS/c1-9-7-11-5-4-10(3-2-6-13)8-12(11)14-9/h2-5,8-9H,6-7,13H2,1H3/b3-2+. The van der Waals surface area contributed by atoms with Crippen LogP contribution in [0.5, 0.6) is 0 Å². The van der Waals surface area contributed by atoms with Gasteiger partial charge in [-0.05, 0) is 23.6 Å². The Morgan fingerprint density at radius 3 is 3.21 bits per heavy atom. The molecule has 0 spiro atoms. The Morgan fingerprint density at radius 2 is 2.43 bits per heavy atom. The van der Waals surface area contributed by atoms with E-state index in [-0.39, 0.29) is 0 Å². The van der Waals surface area contributed by atoms with Crippen molar-refractivity contribution < 1.29 is 0 Å². The third-order valence-electron chi connectivity index (χ3n) is 2.37. The fourth-order valence-electron chi connectivity index (χ4n) is 1.73. The Kier molecular flexibility index (Phi) is 2.94. The zero-order valence-electron chi connectivity index (χ0n) is 8.36. The normalized spacial score (nSPS) is 20.3. The number of rotatable bonds is 2. The second-order valence-electron chi connectivity index (χ2n) is 3.64. The van der Waals surface area contributed by atoms with E-state index in [0.717, 1.165) is 5.25 Å². The van der Waals surface area contributed by atoms with Crippen molar-refractivity contribution in [1.29, 1.82) is 0 Å². The number of fused-ring (bicyclic) bond motifs is 1. The summed E-state index contributed by atoms with van der Waals surface area (Å²) in [5.41, 5.74) is 8.17. The van der Waals surface area contributed by atoms with Gasteiger partial charge in [-0.3, -0.25) is 0 Å². The van der Waals surface area contributed by atoms with Crippen LogP contribution in [0.15, 0.2) is 29.2 Å². The van der Waals surface area contributed by atoms with Crippen LogP contribution < -0.4 is 5.73 Å². The van der Waals surface area contributed by atoms with Crippen molar-refractivity contribution in [2.45, 2.75) is 23.5 Å². The Labute approximate surface area is 89.4 Å². The van der Waals surface area contributed by atoms with E-state index >= 15 is 0 Å². The number of hydrogen-bond acceptors (Lipinski definition) is 2. The minimum absolute atomic E-state index is 0.612.